The molecule has 18 heavy (non-hydrogen) atoms. The Morgan fingerprint density at radius 2 is 1.89 bits per heavy atom. The lowest BCUT2D eigenvalue weighted by Crippen LogP contribution is -2.28. The Morgan fingerprint density at radius 3 is 2.39 bits per heavy atom. The first kappa shape index (κ1) is 13.1. The van der Waals surface area contributed by atoms with E-state index < -0.39 is 17.0 Å². The first-order chi connectivity index (χ1) is 8.39. The summed E-state index contributed by atoms with van der Waals surface area (Å²) in [6.07, 6.45) is -2.76. The van der Waals surface area contributed by atoms with E-state index >= 15 is 0 Å². The third-order valence-corrected chi connectivity index (χ3v) is 3.05. The third-order valence-electron chi connectivity index (χ3n) is 2.76. The molecular formula is C11H10ClF3N2O. The normalized spacial score (nSPS) is 16.1. The predicted molar refractivity (Wildman–Crippen MR) is 59.4 cm³/mol. The first-order valence-corrected chi connectivity index (χ1v) is 5.80. The SMILES string of the molecule is O=C(c1ccc(C(F)(F)F)nc1Cl)N1CCCC1. The van der Waals surface area contributed by atoms with E-state index in [1.807, 2.05) is 0 Å². The second kappa shape index (κ2) is 4.76. The van der Waals surface area contributed by atoms with Crippen molar-refractivity contribution in [3.8, 4) is 0 Å². The molecule has 1 amide bonds. The zero-order valence-electron chi connectivity index (χ0n) is 9.30. The topological polar surface area (TPSA) is 33.2 Å². The van der Waals surface area contributed by atoms with Gasteiger partial charge in [-0.05, 0) is 25.0 Å². The summed E-state index contributed by atoms with van der Waals surface area (Å²) in [5.74, 6) is -0.362. The van der Waals surface area contributed by atoms with Crippen LogP contribution in [0.2, 0.25) is 5.15 Å². The van der Waals surface area contributed by atoms with Crippen LogP contribution in [0.4, 0.5) is 13.2 Å². The molecule has 2 rings (SSSR count). The van der Waals surface area contributed by atoms with Crippen molar-refractivity contribution in [1.82, 2.24) is 9.88 Å². The molecule has 0 bridgehead atoms. The number of hydrogen-bond acceptors (Lipinski definition) is 2. The van der Waals surface area contributed by atoms with E-state index in [-0.39, 0.29) is 11.5 Å². The number of aromatic nitrogens is 1. The van der Waals surface area contributed by atoms with Gasteiger partial charge in [-0.2, -0.15) is 13.2 Å². The van der Waals surface area contributed by atoms with Crippen LogP contribution in [0.1, 0.15) is 28.9 Å². The summed E-state index contributed by atoms with van der Waals surface area (Å²) < 4.78 is 37.2. The molecule has 1 aromatic rings. The van der Waals surface area contributed by atoms with Gasteiger partial charge in [0, 0.05) is 13.1 Å². The van der Waals surface area contributed by atoms with E-state index in [2.05, 4.69) is 4.98 Å². The summed E-state index contributed by atoms with van der Waals surface area (Å²) >= 11 is 5.65. The molecule has 0 N–H and O–H groups in total. The number of hydrogen-bond donors (Lipinski definition) is 0. The zero-order chi connectivity index (χ0) is 13.3. The molecule has 1 aromatic heterocycles. The van der Waals surface area contributed by atoms with Crippen molar-refractivity contribution in [2.75, 3.05) is 13.1 Å². The highest BCUT2D eigenvalue weighted by Gasteiger charge is 2.33. The van der Waals surface area contributed by atoms with Crippen molar-refractivity contribution < 1.29 is 18.0 Å². The van der Waals surface area contributed by atoms with Crippen molar-refractivity contribution in [2.45, 2.75) is 19.0 Å². The van der Waals surface area contributed by atoms with Crippen molar-refractivity contribution in [2.24, 2.45) is 0 Å². The van der Waals surface area contributed by atoms with E-state index in [9.17, 15) is 18.0 Å². The van der Waals surface area contributed by atoms with E-state index in [1.165, 1.54) is 0 Å². The van der Waals surface area contributed by atoms with Crippen molar-refractivity contribution >= 4 is 17.5 Å². The number of carbonyl (C=O) groups excluding carboxylic acids is 1. The Bertz CT molecular complexity index is 470. The monoisotopic (exact) mass is 278 g/mol. The molecule has 0 radical (unpaired) electrons. The molecule has 1 fully saturated rings. The summed E-state index contributed by atoms with van der Waals surface area (Å²) in [4.78, 5) is 16.7. The summed E-state index contributed by atoms with van der Waals surface area (Å²) in [6, 6.07) is 1.86. The maximum absolute atomic E-state index is 12.4. The van der Waals surface area contributed by atoms with E-state index in [0.717, 1.165) is 25.0 Å². The van der Waals surface area contributed by atoms with E-state index in [1.54, 1.807) is 4.90 Å². The fraction of sp³-hybridized carbons (Fsp3) is 0.455. The van der Waals surface area contributed by atoms with Gasteiger partial charge in [0.05, 0.1) is 5.56 Å². The molecule has 98 valence electrons. The first-order valence-electron chi connectivity index (χ1n) is 5.42. The summed E-state index contributed by atoms with van der Waals surface area (Å²) in [5.41, 5.74) is -1.07. The van der Waals surface area contributed by atoms with Crippen LogP contribution in [0.25, 0.3) is 0 Å². The zero-order valence-corrected chi connectivity index (χ0v) is 10.1. The van der Waals surface area contributed by atoms with Crippen molar-refractivity contribution in [3.63, 3.8) is 0 Å². The summed E-state index contributed by atoms with van der Waals surface area (Å²) in [5, 5.41) is -0.401. The molecule has 0 aliphatic carbocycles. The molecule has 2 heterocycles. The minimum absolute atomic E-state index is 0.0200. The van der Waals surface area contributed by atoms with Crippen LogP contribution in [0.5, 0.6) is 0 Å². The maximum Gasteiger partial charge on any atom is 0.433 e. The Balaban J connectivity index is 2.27. The van der Waals surface area contributed by atoms with Crippen molar-refractivity contribution in [3.05, 3.63) is 28.5 Å². The summed E-state index contributed by atoms with van der Waals surface area (Å²) in [7, 11) is 0. The summed E-state index contributed by atoms with van der Waals surface area (Å²) in [6.45, 7) is 1.21. The van der Waals surface area contributed by atoms with Gasteiger partial charge < -0.3 is 4.90 Å². The van der Waals surface area contributed by atoms with Crippen molar-refractivity contribution in [1.29, 1.82) is 0 Å². The second-order valence-electron chi connectivity index (χ2n) is 4.03. The Labute approximate surface area is 107 Å². The lowest BCUT2D eigenvalue weighted by molar-refractivity contribution is -0.141. The Morgan fingerprint density at radius 1 is 1.28 bits per heavy atom. The highest BCUT2D eigenvalue weighted by Crippen LogP contribution is 2.30. The van der Waals surface area contributed by atoms with Crippen LogP contribution in [0, 0.1) is 0 Å². The molecular weight excluding hydrogens is 269 g/mol. The number of pyridine rings is 1. The number of rotatable bonds is 1. The van der Waals surface area contributed by atoms with Crippen LogP contribution in [0.3, 0.4) is 0 Å². The van der Waals surface area contributed by atoms with Gasteiger partial charge in [0.1, 0.15) is 10.8 Å². The molecule has 3 nitrogen and oxygen atoms in total. The molecule has 0 saturated carbocycles. The predicted octanol–water partition coefficient (Wildman–Crippen LogP) is 2.99. The number of carbonyl (C=O) groups is 1. The highest BCUT2D eigenvalue weighted by atomic mass is 35.5. The molecule has 1 aliphatic heterocycles. The molecule has 0 unspecified atom stereocenters. The standard InChI is InChI=1S/C11H10ClF3N2O/c12-9-7(10(18)17-5-1-2-6-17)3-4-8(16-9)11(13,14)15/h3-4H,1-2,5-6H2. The van der Waals surface area contributed by atoms with Crippen LogP contribution in [-0.4, -0.2) is 28.9 Å². The molecule has 0 atom stereocenters. The van der Waals surface area contributed by atoms with Crippen LogP contribution >= 0.6 is 11.6 Å². The smallest absolute Gasteiger partial charge is 0.339 e. The lowest BCUT2D eigenvalue weighted by atomic mass is 10.2. The molecule has 1 saturated heterocycles. The van der Waals surface area contributed by atoms with Gasteiger partial charge in [0.25, 0.3) is 5.91 Å². The fourth-order valence-electron chi connectivity index (χ4n) is 1.84. The molecule has 1 aliphatic rings. The van der Waals surface area contributed by atoms with Gasteiger partial charge in [-0.3, -0.25) is 4.79 Å². The highest BCUT2D eigenvalue weighted by molar-refractivity contribution is 6.32. The minimum atomic E-state index is -4.56. The van der Waals surface area contributed by atoms with E-state index in [0.29, 0.717) is 13.1 Å². The number of amides is 1. The number of nitrogens with zero attached hydrogens (tertiary/aromatic N) is 2. The fourth-order valence-corrected chi connectivity index (χ4v) is 2.08. The van der Waals surface area contributed by atoms with Gasteiger partial charge >= 0.3 is 6.18 Å². The molecule has 0 spiro atoms. The lowest BCUT2D eigenvalue weighted by Gasteiger charge is -2.16. The molecule has 7 heteroatoms. The average molecular weight is 279 g/mol. The van der Waals surface area contributed by atoms with Gasteiger partial charge in [-0.25, -0.2) is 4.98 Å². The minimum Gasteiger partial charge on any atom is -0.339 e. The maximum atomic E-state index is 12.4. The Hall–Kier alpha value is -1.30. The van der Waals surface area contributed by atoms with Gasteiger partial charge in [0.15, 0.2) is 0 Å². The largest absolute Gasteiger partial charge is 0.433 e. The van der Waals surface area contributed by atoms with Gasteiger partial charge in [0.2, 0.25) is 0 Å². The third kappa shape index (κ3) is 2.58. The van der Waals surface area contributed by atoms with E-state index in [4.69, 9.17) is 11.6 Å². The second-order valence-corrected chi connectivity index (χ2v) is 4.39. The Kier molecular flexibility index (Phi) is 3.47. The van der Waals surface area contributed by atoms with Crippen LogP contribution in [0.15, 0.2) is 12.1 Å². The van der Waals surface area contributed by atoms with Crippen LogP contribution in [-0.2, 0) is 6.18 Å². The molecule has 0 aromatic carbocycles. The average Bonchev–Trinajstić information content (AvgIpc) is 2.80. The van der Waals surface area contributed by atoms with Crippen LogP contribution < -0.4 is 0 Å². The number of halogens is 4. The quantitative estimate of drug-likeness (QED) is 0.740. The van der Waals surface area contributed by atoms with Gasteiger partial charge in [-0.1, -0.05) is 11.6 Å². The van der Waals surface area contributed by atoms with Gasteiger partial charge in [-0.15, -0.1) is 0 Å². The number of likely N-dealkylation sites (tertiary alicyclic amines) is 1. The number of alkyl halides is 3.